The molecule has 5 nitrogen and oxygen atoms in total. The standard InChI is InChI=1S/C11H18N4O/c1-15-7-10(6-13-15)14-11(16)8-3-2-4-9(12)5-8/h6-9H,2-5,12H2,1H3,(H,14,16). The molecular formula is C11H18N4O. The van der Waals surface area contributed by atoms with E-state index in [9.17, 15) is 4.79 Å². The summed E-state index contributed by atoms with van der Waals surface area (Å²) in [6.07, 6.45) is 7.27. The maximum absolute atomic E-state index is 11.9. The van der Waals surface area contributed by atoms with Gasteiger partial charge in [-0.1, -0.05) is 6.42 Å². The zero-order valence-corrected chi connectivity index (χ0v) is 9.52. The van der Waals surface area contributed by atoms with Gasteiger partial charge in [0, 0.05) is 25.2 Å². The van der Waals surface area contributed by atoms with Crippen molar-refractivity contribution in [1.82, 2.24) is 9.78 Å². The van der Waals surface area contributed by atoms with Crippen LogP contribution in [0.15, 0.2) is 12.4 Å². The lowest BCUT2D eigenvalue weighted by molar-refractivity contribution is -0.120. The molecular weight excluding hydrogens is 204 g/mol. The van der Waals surface area contributed by atoms with Crippen molar-refractivity contribution in [3.05, 3.63) is 12.4 Å². The highest BCUT2D eigenvalue weighted by Gasteiger charge is 2.25. The highest BCUT2D eigenvalue weighted by atomic mass is 16.1. The molecule has 16 heavy (non-hydrogen) atoms. The topological polar surface area (TPSA) is 72.9 Å². The molecule has 1 aliphatic carbocycles. The zero-order valence-electron chi connectivity index (χ0n) is 9.52. The molecule has 1 aromatic heterocycles. The quantitative estimate of drug-likeness (QED) is 0.780. The summed E-state index contributed by atoms with van der Waals surface area (Å²) in [5, 5.41) is 6.88. The van der Waals surface area contributed by atoms with Crippen molar-refractivity contribution in [2.24, 2.45) is 18.7 Å². The van der Waals surface area contributed by atoms with Crippen molar-refractivity contribution in [2.45, 2.75) is 31.7 Å². The van der Waals surface area contributed by atoms with E-state index in [-0.39, 0.29) is 17.9 Å². The number of anilines is 1. The minimum Gasteiger partial charge on any atom is -0.328 e. The Bertz CT molecular complexity index is 374. The van der Waals surface area contributed by atoms with E-state index >= 15 is 0 Å². The van der Waals surface area contributed by atoms with Gasteiger partial charge >= 0.3 is 0 Å². The van der Waals surface area contributed by atoms with Gasteiger partial charge in [-0.2, -0.15) is 5.10 Å². The van der Waals surface area contributed by atoms with Crippen molar-refractivity contribution in [2.75, 3.05) is 5.32 Å². The minimum absolute atomic E-state index is 0.0592. The molecule has 0 spiro atoms. The highest BCUT2D eigenvalue weighted by molar-refractivity contribution is 5.92. The molecule has 0 bridgehead atoms. The largest absolute Gasteiger partial charge is 0.328 e. The van der Waals surface area contributed by atoms with Crippen LogP contribution in [0.1, 0.15) is 25.7 Å². The first kappa shape index (κ1) is 11.1. The summed E-state index contributed by atoms with van der Waals surface area (Å²) in [6.45, 7) is 0. The molecule has 2 rings (SSSR count). The van der Waals surface area contributed by atoms with E-state index in [2.05, 4.69) is 10.4 Å². The molecule has 88 valence electrons. The van der Waals surface area contributed by atoms with Crippen LogP contribution in [0, 0.1) is 5.92 Å². The number of aryl methyl sites for hydroxylation is 1. The predicted molar refractivity (Wildman–Crippen MR) is 61.8 cm³/mol. The minimum atomic E-state index is 0.0592. The fourth-order valence-corrected chi connectivity index (χ4v) is 2.20. The Morgan fingerprint density at radius 3 is 3.06 bits per heavy atom. The first-order chi connectivity index (χ1) is 7.65. The number of carbonyl (C=O) groups is 1. The van der Waals surface area contributed by atoms with E-state index in [1.54, 1.807) is 17.1 Å². The number of rotatable bonds is 2. The number of nitrogens with zero attached hydrogens (tertiary/aromatic N) is 2. The summed E-state index contributed by atoms with van der Waals surface area (Å²) in [4.78, 5) is 11.9. The molecule has 1 saturated carbocycles. The average Bonchev–Trinajstić information content (AvgIpc) is 2.64. The van der Waals surface area contributed by atoms with Crippen LogP contribution in [-0.4, -0.2) is 21.7 Å². The average molecular weight is 222 g/mol. The predicted octanol–water partition coefficient (Wildman–Crippen LogP) is 0.876. The van der Waals surface area contributed by atoms with Crippen molar-refractivity contribution in [3.63, 3.8) is 0 Å². The summed E-state index contributed by atoms with van der Waals surface area (Å²) in [6, 6.07) is 0.179. The second-order valence-corrected chi connectivity index (χ2v) is 4.52. The van der Waals surface area contributed by atoms with Gasteiger partial charge in [-0.25, -0.2) is 0 Å². The number of carbonyl (C=O) groups excluding carboxylic acids is 1. The Balaban J connectivity index is 1.92. The van der Waals surface area contributed by atoms with Crippen LogP contribution >= 0.6 is 0 Å². The fraction of sp³-hybridized carbons (Fsp3) is 0.636. The van der Waals surface area contributed by atoms with Crippen LogP contribution in [0.4, 0.5) is 5.69 Å². The number of nitrogens with two attached hydrogens (primary N) is 1. The molecule has 2 atom stereocenters. The Morgan fingerprint density at radius 1 is 1.62 bits per heavy atom. The van der Waals surface area contributed by atoms with Crippen molar-refractivity contribution < 1.29 is 4.79 Å². The van der Waals surface area contributed by atoms with Crippen LogP contribution in [0.2, 0.25) is 0 Å². The van der Waals surface area contributed by atoms with Crippen LogP contribution in [0.3, 0.4) is 0 Å². The fourth-order valence-electron chi connectivity index (χ4n) is 2.20. The van der Waals surface area contributed by atoms with E-state index < -0.39 is 0 Å². The van der Waals surface area contributed by atoms with E-state index in [1.807, 2.05) is 7.05 Å². The lowest BCUT2D eigenvalue weighted by Gasteiger charge is -2.25. The van der Waals surface area contributed by atoms with Crippen LogP contribution < -0.4 is 11.1 Å². The normalized spacial score (nSPS) is 25.4. The molecule has 1 aliphatic rings. The molecule has 0 saturated heterocycles. The number of aromatic nitrogens is 2. The molecule has 0 radical (unpaired) electrons. The molecule has 0 aliphatic heterocycles. The summed E-state index contributed by atoms with van der Waals surface area (Å²) in [7, 11) is 1.83. The molecule has 3 N–H and O–H groups in total. The molecule has 1 aromatic rings. The molecule has 1 heterocycles. The Kier molecular flexibility index (Phi) is 3.24. The third kappa shape index (κ3) is 2.61. The van der Waals surface area contributed by atoms with E-state index in [1.165, 1.54) is 0 Å². The van der Waals surface area contributed by atoms with Gasteiger partial charge < -0.3 is 11.1 Å². The summed E-state index contributed by atoms with van der Waals surface area (Å²) >= 11 is 0. The second-order valence-electron chi connectivity index (χ2n) is 4.52. The van der Waals surface area contributed by atoms with Gasteiger partial charge in [0.05, 0.1) is 11.9 Å². The SMILES string of the molecule is Cn1cc(NC(=O)C2CCCC(N)C2)cn1. The molecule has 1 fully saturated rings. The highest BCUT2D eigenvalue weighted by Crippen LogP contribution is 2.24. The first-order valence-corrected chi connectivity index (χ1v) is 5.70. The van der Waals surface area contributed by atoms with Crippen molar-refractivity contribution in [3.8, 4) is 0 Å². The van der Waals surface area contributed by atoms with Gasteiger partial charge in [-0.15, -0.1) is 0 Å². The zero-order chi connectivity index (χ0) is 11.5. The summed E-state index contributed by atoms with van der Waals surface area (Å²) in [5.74, 6) is 0.132. The Morgan fingerprint density at radius 2 is 2.44 bits per heavy atom. The van der Waals surface area contributed by atoms with Crippen LogP contribution in [0.5, 0.6) is 0 Å². The maximum Gasteiger partial charge on any atom is 0.227 e. The lowest BCUT2D eigenvalue weighted by Crippen LogP contribution is -2.34. The smallest absolute Gasteiger partial charge is 0.227 e. The maximum atomic E-state index is 11.9. The third-order valence-electron chi connectivity index (χ3n) is 3.06. The van der Waals surface area contributed by atoms with Crippen molar-refractivity contribution >= 4 is 11.6 Å². The number of hydrogen-bond donors (Lipinski definition) is 2. The summed E-state index contributed by atoms with van der Waals surface area (Å²) in [5.41, 5.74) is 6.62. The van der Waals surface area contributed by atoms with Crippen LogP contribution in [-0.2, 0) is 11.8 Å². The monoisotopic (exact) mass is 222 g/mol. The second kappa shape index (κ2) is 4.65. The Labute approximate surface area is 95.0 Å². The molecule has 5 heteroatoms. The number of amides is 1. The van der Waals surface area contributed by atoms with Crippen molar-refractivity contribution in [1.29, 1.82) is 0 Å². The molecule has 1 amide bonds. The van der Waals surface area contributed by atoms with Gasteiger partial charge in [-0.3, -0.25) is 9.48 Å². The molecule has 2 unspecified atom stereocenters. The van der Waals surface area contributed by atoms with Gasteiger partial charge in [0.1, 0.15) is 0 Å². The lowest BCUT2D eigenvalue weighted by atomic mass is 9.85. The first-order valence-electron chi connectivity index (χ1n) is 5.70. The Hall–Kier alpha value is -1.36. The summed E-state index contributed by atoms with van der Waals surface area (Å²) < 4.78 is 1.67. The van der Waals surface area contributed by atoms with Gasteiger partial charge in [0.25, 0.3) is 0 Å². The van der Waals surface area contributed by atoms with E-state index in [0.717, 1.165) is 31.4 Å². The van der Waals surface area contributed by atoms with Crippen LogP contribution in [0.25, 0.3) is 0 Å². The number of hydrogen-bond acceptors (Lipinski definition) is 3. The van der Waals surface area contributed by atoms with E-state index in [0.29, 0.717) is 0 Å². The van der Waals surface area contributed by atoms with Gasteiger partial charge in [0.15, 0.2) is 0 Å². The third-order valence-corrected chi connectivity index (χ3v) is 3.06. The van der Waals surface area contributed by atoms with E-state index in [4.69, 9.17) is 5.73 Å². The van der Waals surface area contributed by atoms with Gasteiger partial charge in [0.2, 0.25) is 5.91 Å². The molecule has 0 aromatic carbocycles. The number of nitrogens with one attached hydrogen (secondary N) is 1. The van der Waals surface area contributed by atoms with Gasteiger partial charge in [-0.05, 0) is 19.3 Å².